The van der Waals surface area contributed by atoms with E-state index in [4.69, 9.17) is 16.3 Å². The average Bonchev–Trinajstić information content (AvgIpc) is 2.71. The minimum Gasteiger partial charge on any atom is -0.373 e. The lowest BCUT2D eigenvalue weighted by atomic mass is 10.1. The largest absolute Gasteiger partial charge is 0.373 e. The van der Waals surface area contributed by atoms with Crippen LogP contribution in [-0.4, -0.2) is 12.2 Å². The molecule has 1 aliphatic rings. The van der Waals surface area contributed by atoms with E-state index in [-0.39, 0.29) is 11.5 Å². The molecule has 2 heterocycles. The van der Waals surface area contributed by atoms with Crippen LogP contribution in [0.1, 0.15) is 34.9 Å². The molecule has 0 bridgehead atoms. The summed E-state index contributed by atoms with van der Waals surface area (Å²) in [6.07, 6.45) is 2.72. The smallest absolute Gasteiger partial charge is 0.0951 e. The van der Waals surface area contributed by atoms with E-state index in [1.54, 1.807) is 11.3 Å². The summed E-state index contributed by atoms with van der Waals surface area (Å²) in [5.41, 5.74) is 0. The Labute approximate surface area is 108 Å². The summed E-state index contributed by atoms with van der Waals surface area (Å²) in [5, 5.41) is -0.0111. The molecule has 1 saturated heterocycles. The van der Waals surface area contributed by atoms with Crippen LogP contribution in [0.2, 0.25) is 0 Å². The van der Waals surface area contributed by atoms with Gasteiger partial charge in [-0.25, -0.2) is 0 Å². The van der Waals surface area contributed by atoms with Crippen LogP contribution < -0.4 is 0 Å². The van der Waals surface area contributed by atoms with Crippen LogP contribution in [0.5, 0.6) is 0 Å². The lowest BCUT2D eigenvalue weighted by Gasteiger charge is -2.16. The Balaban J connectivity index is 2.13. The van der Waals surface area contributed by atoms with E-state index in [2.05, 4.69) is 35.8 Å². The zero-order valence-corrected chi connectivity index (χ0v) is 12.0. The fourth-order valence-corrected chi connectivity index (χ4v) is 4.40. The molecule has 1 aromatic heterocycles. The highest BCUT2D eigenvalue weighted by atomic mass is 79.9. The highest BCUT2D eigenvalue weighted by molar-refractivity contribution is 9.10. The molecule has 1 fully saturated rings. The van der Waals surface area contributed by atoms with E-state index in [9.17, 15) is 0 Å². The first-order valence-electron chi connectivity index (χ1n) is 5.13. The van der Waals surface area contributed by atoms with Gasteiger partial charge in [0.2, 0.25) is 0 Å². The van der Waals surface area contributed by atoms with Crippen molar-refractivity contribution in [1.82, 2.24) is 0 Å². The van der Waals surface area contributed by atoms with Gasteiger partial charge in [-0.1, -0.05) is 0 Å². The highest BCUT2D eigenvalue weighted by Crippen LogP contribution is 2.41. The van der Waals surface area contributed by atoms with Gasteiger partial charge in [0.05, 0.1) is 17.6 Å². The van der Waals surface area contributed by atoms with Crippen molar-refractivity contribution in [3.05, 3.63) is 20.3 Å². The summed E-state index contributed by atoms with van der Waals surface area (Å²) in [6, 6.07) is 2.12. The molecular weight excluding hydrogens is 296 g/mol. The van der Waals surface area contributed by atoms with Crippen molar-refractivity contribution in [2.45, 2.75) is 44.3 Å². The number of alkyl halides is 1. The van der Waals surface area contributed by atoms with E-state index in [1.165, 1.54) is 9.75 Å². The van der Waals surface area contributed by atoms with Gasteiger partial charge in [0.1, 0.15) is 0 Å². The maximum Gasteiger partial charge on any atom is 0.0951 e. The molecular formula is C11H14BrClOS. The first kappa shape index (κ1) is 11.9. The van der Waals surface area contributed by atoms with Crippen LogP contribution in [-0.2, 0) is 4.74 Å². The molecule has 0 aliphatic carbocycles. The van der Waals surface area contributed by atoms with Gasteiger partial charge in [-0.15, -0.1) is 22.9 Å². The Morgan fingerprint density at radius 2 is 2.33 bits per heavy atom. The van der Waals surface area contributed by atoms with E-state index in [0.717, 1.165) is 17.3 Å². The number of aryl methyl sites for hydroxylation is 1. The standard InChI is InChI=1S/C11H14BrClOS/c1-6-3-4-9(14-6)10(13)11-8(12)5-7(2)15-11/h5-6,9-10H,3-4H2,1-2H3. The Morgan fingerprint density at radius 3 is 2.80 bits per heavy atom. The predicted octanol–water partition coefficient (Wildman–Crippen LogP) is 4.67. The fraction of sp³-hybridized carbons (Fsp3) is 0.636. The molecule has 0 amide bonds. The third-order valence-corrected chi connectivity index (χ3v) is 5.36. The number of ether oxygens (including phenoxy) is 1. The second kappa shape index (κ2) is 4.74. The number of hydrogen-bond acceptors (Lipinski definition) is 2. The van der Waals surface area contributed by atoms with Crippen LogP contribution >= 0.6 is 38.9 Å². The van der Waals surface area contributed by atoms with Crippen LogP contribution in [0, 0.1) is 6.92 Å². The van der Waals surface area contributed by atoms with Crippen LogP contribution in [0.15, 0.2) is 10.5 Å². The van der Waals surface area contributed by atoms with Gasteiger partial charge >= 0.3 is 0 Å². The molecule has 84 valence electrons. The molecule has 0 radical (unpaired) electrons. The van der Waals surface area contributed by atoms with Gasteiger partial charge in [0.15, 0.2) is 0 Å². The third kappa shape index (κ3) is 2.57. The van der Waals surface area contributed by atoms with Gasteiger partial charge in [-0.3, -0.25) is 0 Å². The zero-order chi connectivity index (χ0) is 11.0. The number of halogens is 2. The Kier molecular flexibility index (Phi) is 3.76. The van der Waals surface area contributed by atoms with Crippen molar-refractivity contribution < 1.29 is 4.74 Å². The summed E-state index contributed by atoms with van der Waals surface area (Å²) in [7, 11) is 0. The molecule has 1 aromatic rings. The molecule has 4 heteroatoms. The second-order valence-electron chi connectivity index (χ2n) is 4.03. The molecule has 2 rings (SSSR count). The van der Waals surface area contributed by atoms with E-state index in [0.29, 0.717) is 6.10 Å². The van der Waals surface area contributed by atoms with Gasteiger partial charge < -0.3 is 4.74 Å². The third-order valence-electron chi connectivity index (χ3n) is 2.68. The van der Waals surface area contributed by atoms with Crippen molar-refractivity contribution in [2.24, 2.45) is 0 Å². The maximum absolute atomic E-state index is 6.45. The SMILES string of the molecule is Cc1cc(Br)c(C(Cl)C2CCC(C)O2)s1. The van der Waals surface area contributed by atoms with Gasteiger partial charge in [-0.2, -0.15) is 0 Å². The molecule has 0 spiro atoms. The lowest BCUT2D eigenvalue weighted by Crippen LogP contribution is -2.14. The average molecular weight is 310 g/mol. The highest BCUT2D eigenvalue weighted by Gasteiger charge is 2.31. The number of rotatable bonds is 2. The second-order valence-corrected chi connectivity index (χ2v) is 6.65. The summed E-state index contributed by atoms with van der Waals surface area (Å²) in [5.74, 6) is 0. The monoisotopic (exact) mass is 308 g/mol. The fourth-order valence-electron chi connectivity index (χ4n) is 1.91. The minimum absolute atomic E-state index is 0.0111. The Bertz CT molecular complexity index is 352. The molecule has 3 atom stereocenters. The summed E-state index contributed by atoms with van der Waals surface area (Å²) in [6.45, 7) is 4.21. The zero-order valence-electron chi connectivity index (χ0n) is 8.80. The molecule has 1 nitrogen and oxygen atoms in total. The van der Waals surface area contributed by atoms with Crippen molar-refractivity contribution in [2.75, 3.05) is 0 Å². The molecule has 3 unspecified atom stereocenters. The van der Waals surface area contributed by atoms with E-state index in [1.807, 2.05) is 0 Å². The van der Waals surface area contributed by atoms with E-state index >= 15 is 0 Å². The van der Waals surface area contributed by atoms with Crippen molar-refractivity contribution in [1.29, 1.82) is 0 Å². The first-order chi connectivity index (χ1) is 7.08. The van der Waals surface area contributed by atoms with Gasteiger partial charge in [-0.05, 0) is 48.7 Å². The topological polar surface area (TPSA) is 9.23 Å². The normalized spacial score (nSPS) is 28.3. The maximum atomic E-state index is 6.45. The molecule has 0 aromatic carbocycles. The number of thiophene rings is 1. The summed E-state index contributed by atoms with van der Waals surface area (Å²) >= 11 is 11.8. The van der Waals surface area contributed by atoms with Crippen molar-refractivity contribution in [3.63, 3.8) is 0 Å². The Hall–Kier alpha value is 0.430. The van der Waals surface area contributed by atoms with Crippen molar-refractivity contribution in [3.8, 4) is 0 Å². The van der Waals surface area contributed by atoms with Crippen LogP contribution in [0.25, 0.3) is 0 Å². The van der Waals surface area contributed by atoms with Gasteiger partial charge in [0, 0.05) is 14.2 Å². The molecule has 0 saturated carbocycles. The quantitative estimate of drug-likeness (QED) is 0.722. The molecule has 1 aliphatic heterocycles. The van der Waals surface area contributed by atoms with Crippen molar-refractivity contribution >= 4 is 38.9 Å². The number of hydrogen-bond donors (Lipinski definition) is 0. The Morgan fingerprint density at radius 1 is 1.60 bits per heavy atom. The van der Waals surface area contributed by atoms with Crippen LogP contribution in [0.3, 0.4) is 0 Å². The summed E-state index contributed by atoms with van der Waals surface area (Å²) in [4.78, 5) is 2.49. The van der Waals surface area contributed by atoms with E-state index < -0.39 is 0 Å². The van der Waals surface area contributed by atoms with Crippen LogP contribution in [0.4, 0.5) is 0 Å². The first-order valence-corrected chi connectivity index (χ1v) is 7.18. The summed E-state index contributed by atoms with van der Waals surface area (Å²) < 4.78 is 6.91. The molecule has 15 heavy (non-hydrogen) atoms. The predicted molar refractivity (Wildman–Crippen MR) is 68.9 cm³/mol. The minimum atomic E-state index is -0.0111. The van der Waals surface area contributed by atoms with Gasteiger partial charge in [0.25, 0.3) is 0 Å². The molecule has 0 N–H and O–H groups in total. The lowest BCUT2D eigenvalue weighted by molar-refractivity contribution is 0.0537.